The first-order chi connectivity index (χ1) is 34.2. The summed E-state index contributed by atoms with van der Waals surface area (Å²) in [5, 5.41) is 0. The normalized spacial score (nSPS) is 18.4. The number of hydrogen-bond donors (Lipinski definition) is 0. The molecule has 70 heavy (non-hydrogen) atoms. The Bertz CT molecular complexity index is 2210. The van der Waals surface area contributed by atoms with E-state index in [-0.39, 0.29) is 11.8 Å². The molecule has 0 unspecified atom stereocenters. The van der Waals surface area contributed by atoms with E-state index < -0.39 is 23.1 Å². The largest absolute Gasteiger partial charge is 0.495 e. The van der Waals surface area contributed by atoms with Crippen molar-refractivity contribution in [3.8, 4) is 11.5 Å². The van der Waals surface area contributed by atoms with Gasteiger partial charge in [-0.25, -0.2) is 19.6 Å². The number of carbonyl (C=O) groups excluding carboxylic acids is 4. The molecule has 2 aliphatic carbocycles. The van der Waals surface area contributed by atoms with E-state index in [1.807, 2.05) is 48.5 Å². The smallest absolute Gasteiger partial charge is 0.332 e. The fourth-order valence-electron chi connectivity index (χ4n) is 10.4. The van der Waals surface area contributed by atoms with Crippen LogP contribution in [0.25, 0.3) is 0 Å². The standard InChI is InChI=1S/C54H68N8O8/c1-67-45-19-7-5-17-43(45)59-37-31-57(32-38-59)35-41-61(47-21-9-15-29-55-47)51(65)53(25-11-3-12-26-53)69-49(63)23-24-50(64)70-54(27-13-4-14-28-54)52(66)62(48-22-10-16-30-56-48)42-36-58-33-39-60(40-34-58)44-18-6-8-20-46(44)68-2/h5-10,15-24,29-30H,3-4,11-14,25-28,31-42H2,1-2H3/b24-23-. The summed E-state index contributed by atoms with van der Waals surface area (Å²) < 4.78 is 23.6. The maximum absolute atomic E-state index is 14.9. The molecule has 2 aromatic heterocycles. The third kappa shape index (κ3) is 12.1. The third-order valence-corrected chi connectivity index (χ3v) is 14.3. The number of nitrogens with zero attached hydrogens (tertiary/aromatic N) is 8. The van der Waals surface area contributed by atoms with Gasteiger partial charge in [0.2, 0.25) is 0 Å². The number of carbonyl (C=O) groups is 4. The van der Waals surface area contributed by atoms with E-state index in [4.69, 9.17) is 18.9 Å². The van der Waals surface area contributed by atoms with E-state index in [9.17, 15) is 19.2 Å². The van der Waals surface area contributed by atoms with Gasteiger partial charge in [-0.05, 0) is 99.9 Å². The van der Waals surface area contributed by atoms with Crippen molar-refractivity contribution in [1.82, 2.24) is 19.8 Å². The Labute approximate surface area is 412 Å². The Morgan fingerprint density at radius 2 is 0.886 bits per heavy atom. The number of rotatable bonds is 18. The number of amides is 2. The van der Waals surface area contributed by atoms with Gasteiger partial charge in [0.15, 0.2) is 11.2 Å². The van der Waals surface area contributed by atoms with Crippen molar-refractivity contribution in [3.63, 3.8) is 0 Å². The first-order valence-electron chi connectivity index (χ1n) is 25.0. The van der Waals surface area contributed by atoms with Gasteiger partial charge >= 0.3 is 11.9 Å². The Hall–Kier alpha value is -6.52. The molecule has 16 nitrogen and oxygen atoms in total. The maximum atomic E-state index is 14.9. The van der Waals surface area contributed by atoms with Crippen molar-refractivity contribution >= 4 is 46.8 Å². The van der Waals surface area contributed by atoms with Gasteiger partial charge in [-0.1, -0.05) is 49.2 Å². The average Bonchev–Trinajstić information content (AvgIpc) is 3.41. The van der Waals surface area contributed by atoms with Crippen LogP contribution in [-0.4, -0.2) is 147 Å². The highest BCUT2D eigenvalue weighted by Gasteiger charge is 2.48. The van der Waals surface area contributed by atoms with Crippen LogP contribution in [0.15, 0.2) is 109 Å². The lowest BCUT2D eigenvalue weighted by molar-refractivity contribution is -0.168. The number of hydrogen-bond acceptors (Lipinski definition) is 14. The van der Waals surface area contributed by atoms with Gasteiger partial charge in [0.25, 0.3) is 11.8 Å². The second kappa shape index (κ2) is 23.9. The molecule has 0 bridgehead atoms. The molecule has 2 saturated heterocycles. The van der Waals surface area contributed by atoms with E-state index in [1.54, 1.807) is 60.7 Å². The number of piperazine rings is 2. The molecular formula is C54H68N8O8. The first-order valence-corrected chi connectivity index (χ1v) is 25.0. The molecule has 4 aromatic rings. The Kier molecular flexibility index (Phi) is 17.0. The summed E-state index contributed by atoms with van der Waals surface area (Å²) in [5.74, 6) is 0.322. The number of aromatic nitrogens is 2. The molecule has 8 rings (SSSR count). The van der Waals surface area contributed by atoms with E-state index >= 15 is 0 Å². The summed E-state index contributed by atoms with van der Waals surface area (Å²) in [4.78, 5) is 79.1. The Morgan fingerprint density at radius 3 is 1.24 bits per heavy atom. The van der Waals surface area contributed by atoms with Gasteiger partial charge in [0, 0.05) is 103 Å². The lowest BCUT2D eigenvalue weighted by Crippen LogP contribution is -2.55. The molecule has 0 radical (unpaired) electrons. The summed E-state index contributed by atoms with van der Waals surface area (Å²) in [6.45, 7) is 8.26. The van der Waals surface area contributed by atoms with Gasteiger partial charge in [0.05, 0.1) is 25.6 Å². The van der Waals surface area contributed by atoms with Crippen molar-refractivity contribution in [3.05, 3.63) is 109 Å². The van der Waals surface area contributed by atoms with Gasteiger partial charge in [-0.15, -0.1) is 0 Å². The monoisotopic (exact) mass is 957 g/mol. The van der Waals surface area contributed by atoms with Crippen molar-refractivity contribution in [2.45, 2.75) is 75.4 Å². The molecule has 2 amide bonds. The van der Waals surface area contributed by atoms with Crippen LogP contribution >= 0.6 is 0 Å². The molecule has 2 aliphatic heterocycles. The number of ether oxygens (including phenoxy) is 4. The molecule has 4 fully saturated rings. The van der Waals surface area contributed by atoms with Crippen molar-refractivity contribution in [2.75, 3.05) is 112 Å². The lowest BCUT2D eigenvalue weighted by atomic mass is 9.83. The zero-order chi connectivity index (χ0) is 48.8. The van der Waals surface area contributed by atoms with Gasteiger partial charge in [-0.3, -0.25) is 29.2 Å². The molecular weight excluding hydrogens is 889 g/mol. The van der Waals surface area contributed by atoms with Crippen LogP contribution in [0, 0.1) is 0 Å². The Morgan fingerprint density at radius 1 is 0.514 bits per heavy atom. The van der Waals surface area contributed by atoms with Crippen LogP contribution in [0.1, 0.15) is 64.2 Å². The van der Waals surface area contributed by atoms with Crippen LogP contribution in [-0.2, 0) is 28.7 Å². The Balaban J connectivity index is 0.917. The quantitative estimate of drug-likeness (QED) is 0.0783. The lowest BCUT2D eigenvalue weighted by Gasteiger charge is -2.40. The minimum atomic E-state index is -1.45. The predicted molar refractivity (Wildman–Crippen MR) is 269 cm³/mol. The highest BCUT2D eigenvalue weighted by atomic mass is 16.6. The van der Waals surface area contributed by atoms with Gasteiger partial charge in [0.1, 0.15) is 23.1 Å². The molecule has 2 saturated carbocycles. The highest BCUT2D eigenvalue weighted by molar-refractivity contribution is 6.03. The van der Waals surface area contributed by atoms with E-state index in [0.29, 0.717) is 89.2 Å². The van der Waals surface area contributed by atoms with Crippen molar-refractivity contribution in [1.29, 1.82) is 0 Å². The fraction of sp³-hybridized carbons (Fsp3) is 0.481. The van der Waals surface area contributed by atoms with E-state index in [2.05, 4.69) is 41.7 Å². The number of benzene rings is 2. The average molecular weight is 957 g/mol. The molecule has 372 valence electrons. The SMILES string of the molecule is COc1ccccc1N1CCN(CCN(C(=O)C2(OC(=O)/C=C\C(=O)OC3(C(=O)N(CCN4CCN(c5ccccc5OC)CC4)c4ccccn4)CCCCC3)CCCCC2)c2ccccn2)CC1. The summed E-state index contributed by atoms with van der Waals surface area (Å²) in [6.07, 6.45) is 11.3. The van der Waals surface area contributed by atoms with Crippen LogP contribution in [0.2, 0.25) is 0 Å². The van der Waals surface area contributed by atoms with Crippen LogP contribution in [0.4, 0.5) is 23.0 Å². The minimum Gasteiger partial charge on any atom is -0.495 e. The summed E-state index contributed by atoms with van der Waals surface area (Å²) in [6, 6.07) is 26.9. The second-order valence-corrected chi connectivity index (χ2v) is 18.6. The number of esters is 2. The zero-order valence-corrected chi connectivity index (χ0v) is 40.8. The van der Waals surface area contributed by atoms with E-state index in [0.717, 1.165) is 100 Å². The van der Waals surface area contributed by atoms with E-state index in [1.165, 1.54) is 0 Å². The first kappa shape index (κ1) is 49.9. The number of pyridine rings is 2. The molecule has 0 spiro atoms. The van der Waals surface area contributed by atoms with Crippen molar-refractivity contribution in [2.24, 2.45) is 0 Å². The van der Waals surface area contributed by atoms with Crippen LogP contribution in [0.5, 0.6) is 11.5 Å². The molecule has 4 heterocycles. The second-order valence-electron chi connectivity index (χ2n) is 18.6. The number of anilines is 4. The van der Waals surface area contributed by atoms with Gasteiger partial charge in [-0.2, -0.15) is 0 Å². The highest BCUT2D eigenvalue weighted by Crippen LogP contribution is 2.37. The summed E-state index contributed by atoms with van der Waals surface area (Å²) >= 11 is 0. The molecule has 2 aromatic carbocycles. The molecule has 0 atom stereocenters. The number of para-hydroxylation sites is 4. The minimum absolute atomic E-state index is 0.331. The summed E-state index contributed by atoms with van der Waals surface area (Å²) in [7, 11) is 3.37. The van der Waals surface area contributed by atoms with Crippen LogP contribution < -0.4 is 29.1 Å². The molecule has 0 N–H and O–H groups in total. The number of methoxy groups -OCH3 is 2. The van der Waals surface area contributed by atoms with Crippen LogP contribution in [0.3, 0.4) is 0 Å². The molecule has 4 aliphatic rings. The maximum Gasteiger partial charge on any atom is 0.332 e. The topological polar surface area (TPSA) is 150 Å². The predicted octanol–water partition coefficient (Wildman–Crippen LogP) is 6.55. The zero-order valence-electron chi connectivity index (χ0n) is 40.8. The molecule has 16 heteroatoms. The van der Waals surface area contributed by atoms with Crippen molar-refractivity contribution < 1.29 is 38.1 Å². The third-order valence-electron chi connectivity index (χ3n) is 14.3. The fourth-order valence-corrected chi connectivity index (χ4v) is 10.4. The summed E-state index contributed by atoms with van der Waals surface area (Å²) in [5.41, 5.74) is -0.779. The van der Waals surface area contributed by atoms with Gasteiger partial charge < -0.3 is 28.7 Å².